The number of benzene rings is 1. The first-order chi connectivity index (χ1) is 12.1. The lowest BCUT2D eigenvalue weighted by molar-refractivity contribution is -0.139. The molecule has 1 atom stereocenters. The molecule has 25 heavy (non-hydrogen) atoms. The van der Waals surface area contributed by atoms with Gasteiger partial charge in [0.2, 0.25) is 17.6 Å². The van der Waals surface area contributed by atoms with Gasteiger partial charge in [-0.1, -0.05) is 30.3 Å². The number of hydrogen-bond donors (Lipinski definition) is 1. The highest BCUT2D eigenvalue weighted by atomic mass is 16.5. The summed E-state index contributed by atoms with van der Waals surface area (Å²) in [6.45, 7) is 3.71. The number of ether oxygens (including phenoxy) is 1. The molecule has 1 aromatic carbocycles. The fourth-order valence-electron chi connectivity index (χ4n) is 2.55. The number of nitrogens with zero attached hydrogens (tertiary/aromatic N) is 5. The Kier molecular flexibility index (Phi) is 5.34. The van der Waals surface area contributed by atoms with Crippen molar-refractivity contribution in [2.45, 2.75) is 19.5 Å². The van der Waals surface area contributed by atoms with Crippen LogP contribution in [0.4, 0.5) is 0 Å². The third kappa shape index (κ3) is 4.38. The van der Waals surface area contributed by atoms with E-state index in [1.165, 1.54) is 4.80 Å². The van der Waals surface area contributed by atoms with Crippen molar-refractivity contribution in [2.24, 2.45) is 0 Å². The Labute approximate surface area is 144 Å². The van der Waals surface area contributed by atoms with E-state index in [1.807, 2.05) is 30.3 Å². The van der Waals surface area contributed by atoms with E-state index < -0.39 is 6.04 Å². The lowest BCUT2D eigenvalue weighted by atomic mass is 10.2. The maximum absolute atomic E-state index is 12.3. The highest BCUT2D eigenvalue weighted by Crippen LogP contribution is 2.11. The van der Waals surface area contributed by atoms with Gasteiger partial charge in [0, 0.05) is 18.7 Å². The highest BCUT2D eigenvalue weighted by molar-refractivity contribution is 5.87. The van der Waals surface area contributed by atoms with Gasteiger partial charge in [-0.3, -0.25) is 9.59 Å². The number of nitrogens with one attached hydrogen (secondary N) is 1. The van der Waals surface area contributed by atoms with E-state index in [2.05, 4.69) is 20.7 Å². The first-order valence-corrected chi connectivity index (χ1v) is 8.12. The van der Waals surface area contributed by atoms with Crippen LogP contribution in [-0.4, -0.2) is 69.3 Å². The smallest absolute Gasteiger partial charge is 0.245 e. The predicted molar refractivity (Wildman–Crippen MR) is 88.3 cm³/mol. The summed E-state index contributed by atoms with van der Waals surface area (Å²) in [5.74, 6) is -0.00913. The van der Waals surface area contributed by atoms with Crippen LogP contribution in [0, 0.1) is 0 Å². The number of carbonyl (C=O) groups is 2. The summed E-state index contributed by atoms with van der Waals surface area (Å²) in [6.07, 6.45) is 0. The second-order valence-corrected chi connectivity index (χ2v) is 5.74. The van der Waals surface area contributed by atoms with E-state index >= 15 is 0 Å². The first-order valence-electron chi connectivity index (χ1n) is 8.12. The predicted octanol–water partition coefficient (Wildman–Crippen LogP) is -0.296. The van der Waals surface area contributed by atoms with E-state index in [4.69, 9.17) is 4.74 Å². The zero-order valence-corrected chi connectivity index (χ0v) is 14.0. The minimum Gasteiger partial charge on any atom is -0.378 e. The zero-order valence-electron chi connectivity index (χ0n) is 14.0. The Morgan fingerprint density at radius 2 is 1.96 bits per heavy atom. The molecule has 9 nitrogen and oxygen atoms in total. The van der Waals surface area contributed by atoms with Gasteiger partial charge in [-0.2, -0.15) is 4.80 Å². The molecule has 9 heteroatoms. The van der Waals surface area contributed by atoms with Crippen molar-refractivity contribution in [1.82, 2.24) is 30.4 Å². The average Bonchev–Trinajstić information content (AvgIpc) is 3.10. The molecule has 2 aromatic rings. The van der Waals surface area contributed by atoms with Crippen molar-refractivity contribution >= 4 is 11.8 Å². The second kappa shape index (κ2) is 7.84. The molecule has 2 heterocycles. The number of morpholine rings is 1. The van der Waals surface area contributed by atoms with Crippen molar-refractivity contribution in [3.63, 3.8) is 0 Å². The molecule has 1 saturated heterocycles. The molecular formula is C16H20N6O3. The number of carbonyl (C=O) groups excluding carboxylic acids is 2. The molecule has 0 saturated carbocycles. The maximum atomic E-state index is 12.3. The Hall–Kier alpha value is -2.81. The van der Waals surface area contributed by atoms with Gasteiger partial charge in [-0.15, -0.1) is 10.2 Å². The van der Waals surface area contributed by atoms with Gasteiger partial charge in [-0.05, 0) is 12.1 Å². The standard InChI is InChI=1S/C16H20N6O3/c1-12(16(24)21-7-9-25-10-8-21)17-14(23)11-22-19-15(18-20-22)13-5-3-2-4-6-13/h2-6,12H,7-11H2,1H3,(H,17,23)/t12-/m1/s1. The Morgan fingerprint density at radius 3 is 2.68 bits per heavy atom. The molecule has 1 aromatic heterocycles. The van der Waals surface area contributed by atoms with E-state index in [9.17, 15) is 9.59 Å². The highest BCUT2D eigenvalue weighted by Gasteiger charge is 2.23. The normalized spacial score (nSPS) is 15.6. The lowest BCUT2D eigenvalue weighted by Gasteiger charge is -2.29. The summed E-state index contributed by atoms with van der Waals surface area (Å²) in [6, 6.07) is 8.77. The molecule has 0 radical (unpaired) electrons. The van der Waals surface area contributed by atoms with Crippen molar-refractivity contribution in [3.05, 3.63) is 30.3 Å². The number of hydrogen-bond acceptors (Lipinski definition) is 6. The molecule has 1 fully saturated rings. The monoisotopic (exact) mass is 344 g/mol. The van der Waals surface area contributed by atoms with E-state index in [0.29, 0.717) is 32.1 Å². The lowest BCUT2D eigenvalue weighted by Crippen LogP contribution is -2.51. The molecule has 3 rings (SSSR count). The summed E-state index contributed by atoms with van der Waals surface area (Å²) >= 11 is 0. The third-order valence-corrected chi connectivity index (χ3v) is 3.84. The van der Waals surface area contributed by atoms with Crippen LogP contribution in [0.3, 0.4) is 0 Å². The molecule has 0 aliphatic carbocycles. The third-order valence-electron chi connectivity index (χ3n) is 3.84. The maximum Gasteiger partial charge on any atom is 0.245 e. The molecule has 0 spiro atoms. The van der Waals surface area contributed by atoms with Gasteiger partial charge in [0.25, 0.3) is 0 Å². The molecular weight excluding hydrogens is 324 g/mol. The minimum atomic E-state index is -0.609. The topological polar surface area (TPSA) is 102 Å². The number of tetrazole rings is 1. The van der Waals surface area contributed by atoms with Crippen LogP contribution in [-0.2, 0) is 20.9 Å². The van der Waals surface area contributed by atoms with E-state index in [1.54, 1.807) is 11.8 Å². The fourth-order valence-corrected chi connectivity index (χ4v) is 2.55. The van der Waals surface area contributed by atoms with Gasteiger partial charge in [-0.25, -0.2) is 0 Å². The van der Waals surface area contributed by atoms with Crippen LogP contribution in [0.2, 0.25) is 0 Å². The summed E-state index contributed by atoms with van der Waals surface area (Å²) in [7, 11) is 0. The Morgan fingerprint density at radius 1 is 1.24 bits per heavy atom. The summed E-state index contributed by atoms with van der Waals surface area (Å²) in [5.41, 5.74) is 0.824. The fraction of sp³-hybridized carbons (Fsp3) is 0.438. The second-order valence-electron chi connectivity index (χ2n) is 5.74. The summed E-state index contributed by atoms with van der Waals surface area (Å²) in [5, 5.41) is 14.7. The van der Waals surface area contributed by atoms with Crippen molar-refractivity contribution in [2.75, 3.05) is 26.3 Å². The Balaban J connectivity index is 1.54. The zero-order chi connectivity index (χ0) is 17.6. The van der Waals surface area contributed by atoms with Crippen molar-refractivity contribution in [1.29, 1.82) is 0 Å². The van der Waals surface area contributed by atoms with Crippen LogP contribution in [0.1, 0.15) is 6.92 Å². The van der Waals surface area contributed by atoms with Gasteiger partial charge >= 0.3 is 0 Å². The molecule has 1 aliphatic rings. The molecule has 132 valence electrons. The SMILES string of the molecule is C[C@@H](NC(=O)Cn1nnc(-c2ccccc2)n1)C(=O)N1CCOCC1. The molecule has 0 unspecified atom stereocenters. The van der Waals surface area contributed by atoms with Gasteiger partial charge in [0.15, 0.2) is 0 Å². The van der Waals surface area contributed by atoms with Gasteiger partial charge in [0.1, 0.15) is 12.6 Å². The van der Waals surface area contributed by atoms with Crippen LogP contribution < -0.4 is 5.32 Å². The number of rotatable bonds is 5. The summed E-state index contributed by atoms with van der Waals surface area (Å²) in [4.78, 5) is 27.3. The van der Waals surface area contributed by atoms with E-state index in [0.717, 1.165) is 5.56 Å². The number of amides is 2. The molecule has 1 aliphatic heterocycles. The van der Waals surface area contributed by atoms with Crippen molar-refractivity contribution < 1.29 is 14.3 Å². The average molecular weight is 344 g/mol. The van der Waals surface area contributed by atoms with Crippen LogP contribution in [0.15, 0.2) is 30.3 Å². The van der Waals surface area contributed by atoms with Gasteiger partial charge < -0.3 is 15.0 Å². The minimum absolute atomic E-state index is 0.0967. The first kappa shape index (κ1) is 17.0. The molecule has 2 amide bonds. The van der Waals surface area contributed by atoms with Gasteiger partial charge in [0.05, 0.1) is 13.2 Å². The van der Waals surface area contributed by atoms with Crippen LogP contribution in [0.5, 0.6) is 0 Å². The quantitative estimate of drug-likeness (QED) is 0.799. The number of aromatic nitrogens is 4. The molecule has 0 bridgehead atoms. The van der Waals surface area contributed by atoms with Crippen LogP contribution in [0.25, 0.3) is 11.4 Å². The van der Waals surface area contributed by atoms with E-state index in [-0.39, 0.29) is 18.4 Å². The molecule has 1 N–H and O–H groups in total. The Bertz CT molecular complexity index is 726. The van der Waals surface area contributed by atoms with Crippen molar-refractivity contribution in [3.8, 4) is 11.4 Å². The van der Waals surface area contributed by atoms with Crippen LogP contribution >= 0.6 is 0 Å². The largest absolute Gasteiger partial charge is 0.378 e. The summed E-state index contributed by atoms with van der Waals surface area (Å²) < 4.78 is 5.22.